The van der Waals surface area contributed by atoms with Gasteiger partial charge in [0.05, 0.1) is 6.07 Å². The number of hydrogen-bond acceptors (Lipinski definition) is 4. The van der Waals surface area contributed by atoms with Gasteiger partial charge >= 0.3 is 0 Å². The summed E-state index contributed by atoms with van der Waals surface area (Å²) in [5.41, 5.74) is 14.8. The number of carbonyl (C=O) groups is 1. The second-order valence-corrected chi connectivity index (χ2v) is 1.58. The Hall–Kier alpha value is -1.12. The minimum Gasteiger partial charge on any atom is -0.368 e. The summed E-state index contributed by atoms with van der Waals surface area (Å²) < 4.78 is 0. The van der Waals surface area contributed by atoms with Gasteiger partial charge in [0, 0.05) is 0 Å². The number of rotatable bonds is 2. The Labute approximate surface area is 52.4 Å². The summed E-state index contributed by atoms with van der Waals surface area (Å²) in [7, 11) is 0. The van der Waals surface area contributed by atoms with Crippen molar-refractivity contribution in [3.05, 3.63) is 0 Å². The van der Waals surface area contributed by atoms with Crippen LogP contribution in [0.5, 0.6) is 0 Å². The fourth-order valence-corrected chi connectivity index (χ4v) is 0.257. The molecule has 2 unspecified atom stereocenters. The zero-order chi connectivity index (χ0) is 7.44. The Bertz CT molecular complexity index is 149. The smallest absolute Gasteiger partial charge is 0.237 e. The largest absolute Gasteiger partial charge is 0.368 e. The average Bonchev–Trinajstić information content (AvgIpc) is 1.84. The van der Waals surface area contributed by atoms with E-state index in [2.05, 4.69) is 0 Å². The molecule has 6 N–H and O–H groups in total. The SMILES string of the molecule is N#CC(N)C(N)C(N)=O. The molecule has 9 heavy (non-hydrogen) atoms. The van der Waals surface area contributed by atoms with Gasteiger partial charge in [0.15, 0.2) is 0 Å². The molecular weight excluding hydrogens is 120 g/mol. The third kappa shape index (κ3) is 2.08. The first-order valence-corrected chi connectivity index (χ1v) is 2.29. The van der Waals surface area contributed by atoms with Gasteiger partial charge in [-0.3, -0.25) is 4.79 Å². The van der Waals surface area contributed by atoms with Crippen molar-refractivity contribution in [1.29, 1.82) is 5.26 Å². The van der Waals surface area contributed by atoms with E-state index in [4.69, 9.17) is 22.5 Å². The number of primary amides is 1. The van der Waals surface area contributed by atoms with Gasteiger partial charge in [0.25, 0.3) is 0 Å². The number of hydrogen-bond donors (Lipinski definition) is 3. The van der Waals surface area contributed by atoms with Crippen LogP contribution in [0.2, 0.25) is 0 Å². The fraction of sp³-hybridized carbons (Fsp3) is 0.500. The monoisotopic (exact) mass is 128 g/mol. The lowest BCUT2D eigenvalue weighted by molar-refractivity contribution is -0.119. The van der Waals surface area contributed by atoms with E-state index in [1.54, 1.807) is 6.07 Å². The molecule has 0 aliphatic carbocycles. The van der Waals surface area contributed by atoms with Crippen molar-refractivity contribution >= 4 is 5.91 Å². The number of nitriles is 1. The van der Waals surface area contributed by atoms with Crippen molar-refractivity contribution in [2.45, 2.75) is 12.1 Å². The van der Waals surface area contributed by atoms with Gasteiger partial charge in [0.1, 0.15) is 12.1 Å². The third-order valence-electron chi connectivity index (χ3n) is 0.864. The average molecular weight is 128 g/mol. The van der Waals surface area contributed by atoms with E-state index in [-0.39, 0.29) is 0 Å². The lowest BCUT2D eigenvalue weighted by atomic mass is 10.1. The number of nitrogens with zero attached hydrogens (tertiary/aromatic N) is 1. The summed E-state index contributed by atoms with van der Waals surface area (Å²) >= 11 is 0. The molecule has 0 rings (SSSR count). The molecule has 0 saturated heterocycles. The normalized spacial score (nSPS) is 15.7. The number of carbonyl (C=O) groups excluding carboxylic acids is 1. The highest BCUT2D eigenvalue weighted by atomic mass is 16.1. The van der Waals surface area contributed by atoms with Crippen LogP contribution >= 0.6 is 0 Å². The maximum absolute atomic E-state index is 10.2. The summed E-state index contributed by atoms with van der Waals surface area (Å²) in [6.07, 6.45) is 0. The molecule has 5 heteroatoms. The van der Waals surface area contributed by atoms with Gasteiger partial charge in [-0.15, -0.1) is 0 Å². The number of amides is 1. The van der Waals surface area contributed by atoms with Crippen LogP contribution in [0.15, 0.2) is 0 Å². The Balaban J connectivity index is 3.91. The van der Waals surface area contributed by atoms with E-state index < -0.39 is 18.0 Å². The van der Waals surface area contributed by atoms with Gasteiger partial charge < -0.3 is 17.2 Å². The lowest BCUT2D eigenvalue weighted by Crippen LogP contribution is -2.49. The predicted molar refractivity (Wildman–Crippen MR) is 30.8 cm³/mol. The molecule has 0 saturated carbocycles. The zero-order valence-electron chi connectivity index (χ0n) is 4.74. The molecular formula is C4H8N4O. The van der Waals surface area contributed by atoms with Crippen molar-refractivity contribution in [2.75, 3.05) is 0 Å². The molecule has 0 spiro atoms. The first kappa shape index (κ1) is 7.88. The minimum absolute atomic E-state index is 0.760. The van der Waals surface area contributed by atoms with Crippen molar-refractivity contribution in [2.24, 2.45) is 17.2 Å². The minimum atomic E-state index is -1.06. The van der Waals surface area contributed by atoms with Crippen LogP contribution in [0, 0.1) is 11.3 Å². The highest BCUT2D eigenvalue weighted by Crippen LogP contribution is 1.80. The van der Waals surface area contributed by atoms with Crippen molar-refractivity contribution < 1.29 is 4.79 Å². The van der Waals surface area contributed by atoms with Crippen LogP contribution in [0.4, 0.5) is 0 Å². The quantitative estimate of drug-likeness (QED) is 0.385. The summed E-state index contributed by atoms with van der Waals surface area (Å²) in [4.78, 5) is 10.2. The van der Waals surface area contributed by atoms with Crippen molar-refractivity contribution in [3.8, 4) is 6.07 Å². The van der Waals surface area contributed by atoms with E-state index in [1.165, 1.54) is 0 Å². The lowest BCUT2D eigenvalue weighted by Gasteiger charge is -2.06. The van der Waals surface area contributed by atoms with Crippen LogP contribution in [-0.2, 0) is 4.79 Å². The highest BCUT2D eigenvalue weighted by Gasteiger charge is 2.16. The maximum Gasteiger partial charge on any atom is 0.237 e. The van der Waals surface area contributed by atoms with Crippen LogP contribution in [-0.4, -0.2) is 18.0 Å². The Morgan fingerprint density at radius 1 is 1.56 bits per heavy atom. The predicted octanol–water partition coefficient (Wildman–Crippen LogP) is -2.35. The summed E-state index contributed by atoms with van der Waals surface area (Å²) in [6.45, 7) is 0. The molecule has 0 aromatic carbocycles. The van der Waals surface area contributed by atoms with Crippen molar-refractivity contribution in [1.82, 2.24) is 0 Å². The van der Waals surface area contributed by atoms with Gasteiger partial charge in [0.2, 0.25) is 5.91 Å². The summed E-state index contributed by atoms with van der Waals surface area (Å²) in [5, 5.41) is 8.09. The van der Waals surface area contributed by atoms with E-state index in [1.807, 2.05) is 0 Å². The molecule has 0 aliphatic heterocycles. The first-order valence-electron chi connectivity index (χ1n) is 2.29. The second-order valence-electron chi connectivity index (χ2n) is 1.58. The topological polar surface area (TPSA) is 119 Å². The fourth-order valence-electron chi connectivity index (χ4n) is 0.257. The van der Waals surface area contributed by atoms with Crippen molar-refractivity contribution in [3.63, 3.8) is 0 Å². The molecule has 2 atom stereocenters. The molecule has 0 heterocycles. The highest BCUT2D eigenvalue weighted by molar-refractivity contribution is 5.80. The molecule has 0 aliphatic rings. The molecule has 50 valence electrons. The molecule has 0 bridgehead atoms. The summed E-state index contributed by atoms with van der Waals surface area (Å²) in [6, 6.07) is -0.460. The number of nitrogens with two attached hydrogens (primary N) is 3. The molecule has 0 aromatic rings. The third-order valence-corrected chi connectivity index (χ3v) is 0.864. The van der Waals surface area contributed by atoms with Crippen LogP contribution in [0.1, 0.15) is 0 Å². The van der Waals surface area contributed by atoms with E-state index in [0.717, 1.165) is 0 Å². The van der Waals surface area contributed by atoms with Crippen LogP contribution in [0.25, 0.3) is 0 Å². The van der Waals surface area contributed by atoms with Crippen LogP contribution in [0.3, 0.4) is 0 Å². The zero-order valence-corrected chi connectivity index (χ0v) is 4.74. The van der Waals surface area contributed by atoms with Gasteiger partial charge in [-0.2, -0.15) is 5.26 Å². The molecule has 0 fully saturated rings. The van der Waals surface area contributed by atoms with Gasteiger partial charge in [-0.1, -0.05) is 0 Å². The van der Waals surface area contributed by atoms with E-state index in [9.17, 15) is 4.79 Å². The summed E-state index contributed by atoms with van der Waals surface area (Å²) in [5.74, 6) is -0.760. The second kappa shape index (κ2) is 3.02. The first-order chi connectivity index (χ1) is 4.09. The maximum atomic E-state index is 10.2. The van der Waals surface area contributed by atoms with Gasteiger partial charge in [-0.25, -0.2) is 0 Å². The Morgan fingerprint density at radius 2 is 2.00 bits per heavy atom. The van der Waals surface area contributed by atoms with E-state index >= 15 is 0 Å². The van der Waals surface area contributed by atoms with E-state index in [0.29, 0.717) is 0 Å². The Morgan fingerprint density at radius 3 is 2.11 bits per heavy atom. The molecule has 0 radical (unpaired) electrons. The van der Waals surface area contributed by atoms with Gasteiger partial charge in [-0.05, 0) is 0 Å². The molecule has 1 amide bonds. The Kier molecular flexibility index (Phi) is 2.64. The van der Waals surface area contributed by atoms with Crippen LogP contribution < -0.4 is 17.2 Å². The molecule has 5 nitrogen and oxygen atoms in total. The molecule has 0 aromatic heterocycles. The standard InChI is InChI=1S/C4H8N4O/c5-1-2(6)3(7)4(8)9/h2-3H,6-7H2,(H2,8,9).